The average molecular weight is 279 g/mol. The van der Waals surface area contributed by atoms with Crippen LogP contribution in [-0.4, -0.2) is 34.3 Å². The van der Waals surface area contributed by atoms with Crippen molar-refractivity contribution in [2.45, 2.75) is 46.1 Å². The smallest absolute Gasteiger partial charge is 0.148 e. The normalized spacial score (nSPS) is 20.2. The van der Waals surface area contributed by atoms with Gasteiger partial charge < -0.3 is 15.4 Å². The Bertz CT molecular complexity index is 463. The van der Waals surface area contributed by atoms with Crippen LogP contribution in [0.4, 0.5) is 11.6 Å². The number of aryl methyl sites for hydroxylation is 1. The standard InChI is InChI=1S/C14H25N5O/c1-4-5-12-16-13(18-15)9(2)14(17-12)19-7-6-11(8-19)10(3)20/h10-11,20H,4-8,15H2,1-3H3,(H,16,17,18). The minimum atomic E-state index is -0.274. The molecule has 0 amide bonds. The van der Waals surface area contributed by atoms with Crippen LogP contribution in [0.25, 0.3) is 0 Å². The van der Waals surface area contributed by atoms with Crippen LogP contribution >= 0.6 is 0 Å². The first kappa shape index (κ1) is 15.0. The number of anilines is 2. The molecule has 0 bridgehead atoms. The number of nitrogens with two attached hydrogens (primary N) is 1. The van der Waals surface area contributed by atoms with Crippen molar-refractivity contribution in [3.63, 3.8) is 0 Å². The highest BCUT2D eigenvalue weighted by Gasteiger charge is 2.28. The molecule has 1 aromatic heterocycles. The molecule has 2 rings (SSSR count). The third kappa shape index (κ3) is 3.02. The minimum Gasteiger partial charge on any atom is -0.393 e. The number of hydrogen-bond acceptors (Lipinski definition) is 6. The van der Waals surface area contributed by atoms with E-state index in [-0.39, 0.29) is 6.10 Å². The van der Waals surface area contributed by atoms with Gasteiger partial charge in [-0.1, -0.05) is 6.92 Å². The van der Waals surface area contributed by atoms with Crippen LogP contribution in [0.3, 0.4) is 0 Å². The minimum absolute atomic E-state index is 0.274. The highest BCUT2D eigenvalue weighted by Crippen LogP contribution is 2.29. The number of aliphatic hydroxyl groups is 1. The van der Waals surface area contributed by atoms with Gasteiger partial charge in [0.05, 0.1) is 6.10 Å². The van der Waals surface area contributed by atoms with E-state index in [0.29, 0.717) is 11.7 Å². The van der Waals surface area contributed by atoms with Crippen molar-refractivity contribution in [1.29, 1.82) is 0 Å². The molecule has 2 heterocycles. The van der Waals surface area contributed by atoms with E-state index < -0.39 is 0 Å². The highest BCUT2D eigenvalue weighted by atomic mass is 16.3. The maximum absolute atomic E-state index is 9.73. The SMILES string of the molecule is CCCc1nc(NN)c(C)c(N2CCC(C(C)O)C2)n1. The van der Waals surface area contributed by atoms with Crippen LogP contribution in [0.2, 0.25) is 0 Å². The number of aliphatic hydroxyl groups excluding tert-OH is 1. The summed E-state index contributed by atoms with van der Waals surface area (Å²) in [6, 6.07) is 0. The van der Waals surface area contributed by atoms with Gasteiger partial charge in [0.1, 0.15) is 17.5 Å². The molecule has 0 spiro atoms. The lowest BCUT2D eigenvalue weighted by Gasteiger charge is -2.22. The first-order valence-electron chi connectivity index (χ1n) is 7.34. The molecule has 4 N–H and O–H groups in total. The first-order chi connectivity index (χ1) is 9.56. The van der Waals surface area contributed by atoms with Crippen LogP contribution in [0.15, 0.2) is 0 Å². The van der Waals surface area contributed by atoms with Gasteiger partial charge in [-0.2, -0.15) is 0 Å². The largest absolute Gasteiger partial charge is 0.393 e. The fourth-order valence-electron chi connectivity index (χ4n) is 2.71. The third-order valence-electron chi connectivity index (χ3n) is 3.98. The van der Waals surface area contributed by atoms with E-state index in [4.69, 9.17) is 5.84 Å². The summed E-state index contributed by atoms with van der Waals surface area (Å²) in [4.78, 5) is 11.4. The van der Waals surface area contributed by atoms with Crippen LogP contribution in [0.5, 0.6) is 0 Å². The zero-order valence-electron chi connectivity index (χ0n) is 12.6. The fraction of sp³-hybridized carbons (Fsp3) is 0.714. The van der Waals surface area contributed by atoms with Crippen molar-refractivity contribution in [2.75, 3.05) is 23.4 Å². The summed E-state index contributed by atoms with van der Waals surface area (Å²) in [7, 11) is 0. The van der Waals surface area contributed by atoms with Gasteiger partial charge in [-0.15, -0.1) is 0 Å². The second-order valence-electron chi connectivity index (χ2n) is 5.57. The third-order valence-corrected chi connectivity index (χ3v) is 3.98. The Hall–Kier alpha value is -1.40. The van der Waals surface area contributed by atoms with E-state index >= 15 is 0 Å². The van der Waals surface area contributed by atoms with Crippen LogP contribution in [-0.2, 0) is 6.42 Å². The molecule has 0 aromatic carbocycles. The van der Waals surface area contributed by atoms with Crippen LogP contribution < -0.4 is 16.2 Å². The van der Waals surface area contributed by atoms with E-state index in [2.05, 4.69) is 27.2 Å². The molecular weight excluding hydrogens is 254 g/mol. The van der Waals surface area contributed by atoms with Crippen molar-refractivity contribution in [3.8, 4) is 0 Å². The van der Waals surface area contributed by atoms with E-state index in [0.717, 1.165) is 49.6 Å². The number of hydrogen-bond donors (Lipinski definition) is 3. The lowest BCUT2D eigenvalue weighted by molar-refractivity contribution is 0.136. The summed E-state index contributed by atoms with van der Waals surface area (Å²) >= 11 is 0. The predicted octanol–water partition coefficient (Wildman–Crippen LogP) is 1.23. The maximum Gasteiger partial charge on any atom is 0.148 e. The number of hydrazine groups is 1. The Morgan fingerprint density at radius 2 is 2.25 bits per heavy atom. The summed E-state index contributed by atoms with van der Waals surface area (Å²) < 4.78 is 0. The Balaban J connectivity index is 2.28. The molecule has 2 atom stereocenters. The molecule has 1 aliphatic heterocycles. The van der Waals surface area contributed by atoms with Crippen molar-refractivity contribution in [1.82, 2.24) is 9.97 Å². The second kappa shape index (κ2) is 6.37. The van der Waals surface area contributed by atoms with Gasteiger partial charge in [-0.05, 0) is 26.7 Å². The second-order valence-corrected chi connectivity index (χ2v) is 5.57. The van der Waals surface area contributed by atoms with Crippen molar-refractivity contribution in [2.24, 2.45) is 11.8 Å². The molecule has 1 aliphatic rings. The van der Waals surface area contributed by atoms with E-state index in [1.54, 1.807) is 0 Å². The van der Waals surface area contributed by atoms with Gasteiger partial charge in [0.25, 0.3) is 0 Å². The lowest BCUT2D eigenvalue weighted by atomic mass is 10.0. The van der Waals surface area contributed by atoms with E-state index in [1.165, 1.54) is 0 Å². The monoisotopic (exact) mass is 279 g/mol. The number of nitrogens with zero attached hydrogens (tertiary/aromatic N) is 3. The molecule has 1 saturated heterocycles. The number of nitrogens with one attached hydrogen (secondary N) is 1. The van der Waals surface area contributed by atoms with E-state index in [1.807, 2.05) is 13.8 Å². The molecule has 112 valence electrons. The predicted molar refractivity (Wildman–Crippen MR) is 80.6 cm³/mol. The Kier molecular flexibility index (Phi) is 4.77. The summed E-state index contributed by atoms with van der Waals surface area (Å²) in [5, 5.41) is 9.73. The molecule has 0 saturated carbocycles. The molecule has 20 heavy (non-hydrogen) atoms. The fourth-order valence-corrected chi connectivity index (χ4v) is 2.71. The van der Waals surface area contributed by atoms with Gasteiger partial charge in [-0.3, -0.25) is 0 Å². The summed E-state index contributed by atoms with van der Waals surface area (Å²) in [6.45, 7) is 7.71. The summed E-state index contributed by atoms with van der Waals surface area (Å²) in [5.74, 6) is 8.33. The molecule has 6 nitrogen and oxygen atoms in total. The Morgan fingerprint density at radius 1 is 1.50 bits per heavy atom. The van der Waals surface area contributed by atoms with E-state index in [9.17, 15) is 5.11 Å². The van der Waals surface area contributed by atoms with Gasteiger partial charge in [0, 0.05) is 31.0 Å². The van der Waals surface area contributed by atoms with Crippen molar-refractivity contribution < 1.29 is 5.11 Å². The Morgan fingerprint density at radius 3 is 2.80 bits per heavy atom. The van der Waals surface area contributed by atoms with Gasteiger partial charge >= 0.3 is 0 Å². The van der Waals surface area contributed by atoms with Crippen LogP contribution in [0.1, 0.15) is 38.1 Å². The average Bonchev–Trinajstić information content (AvgIpc) is 2.90. The number of nitrogen functional groups attached to an aromatic ring is 1. The molecule has 2 unspecified atom stereocenters. The zero-order chi connectivity index (χ0) is 14.7. The molecule has 0 aliphatic carbocycles. The van der Waals surface area contributed by atoms with Gasteiger partial charge in [0.2, 0.25) is 0 Å². The topological polar surface area (TPSA) is 87.3 Å². The Labute approximate surface area is 120 Å². The molecular formula is C14H25N5O. The lowest BCUT2D eigenvalue weighted by Crippen LogP contribution is -2.26. The molecule has 1 fully saturated rings. The van der Waals surface area contributed by atoms with Gasteiger partial charge in [-0.25, -0.2) is 15.8 Å². The van der Waals surface area contributed by atoms with Gasteiger partial charge in [0.15, 0.2) is 0 Å². The van der Waals surface area contributed by atoms with Crippen molar-refractivity contribution >= 4 is 11.6 Å². The summed E-state index contributed by atoms with van der Waals surface area (Å²) in [6.07, 6.45) is 2.57. The molecule has 0 radical (unpaired) electrons. The number of aromatic nitrogens is 2. The maximum atomic E-state index is 9.73. The highest BCUT2D eigenvalue weighted by molar-refractivity contribution is 5.58. The van der Waals surface area contributed by atoms with Crippen LogP contribution in [0, 0.1) is 12.8 Å². The number of rotatable bonds is 5. The zero-order valence-corrected chi connectivity index (χ0v) is 12.6. The van der Waals surface area contributed by atoms with Crippen molar-refractivity contribution in [3.05, 3.63) is 11.4 Å². The molecule has 1 aromatic rings. The summed E-state index contributed by atoms with van der Waals surface area (Å²) in [5.41, 5.74) is 3.64. The molecule has 6 heteroatoms. The first-order valence-corrected chi connectivity index (χ1v) is 7.34. The quantitative estimate of drug-likeness (QED) is 0.555.